The number of esters is 1. The maximum atomic E-state index is 11.8. The van der Waals surface area contributed by atoms with E-state index in [1.807, 2.05) is 24.3 Å². The Morgan fingerprint density at radius 3 is 2.53 bits per heavy atom. The first kappa shape index (κ1) is 21.6. The summed E-state index contributed by atoms with van der Waals surface area (Å²) in [5.74, 6) is 0.265. The molecule has 2 atom stereocenters. The quantitative estimate of drug-likeness (QED) is 0.589. The number of nitrogens with zero attached hydrogens (tertiary/aromatic N) is 3. The Bertz CT molecular complexity index is 1100. The number of hydrogen-bond acceptors (Lipinski definition) is 8. The van der Waals surface area contributed by atoms with Gasteiger partial charge in [-0.15, -0.1) is 10.2 Å². The van der Waals surface area contributed by atoms with Crippen molar-refractivity contribution in [1.82, 2.24) is 10.2 Å². The lowest BCUT2D eigenvalue weighted by atomic mass is 9.88. The Morgan fingerprint density at radius 2 is 1.84 bits per heavy atom. The maximum absolute atomic E-state index is 11.8. The first-order chi connectivity index (χ1) is 15.5. The predicted octanol–water partition coefficient (Wildman–Crippen LogP) is 3.23. The van der Waals surface area contributed by atoms with E-state index >= 15 is 0 Å². The summed E-state index contributed by atoms with van der Waals surface area (Å²) < 4.78 is 10.5. The number of methoxy groups -OCH3 is 2. The van der Waals surface area contributed by atoms with Crippen molar-refractivity contribution in [3.05, 3.63) is 65.7 Å². The Hall–Kier alpha value is -3.65. The summed E-state index contributed by atoms with van der Waals surface area (Å²) in [4.78, 5) is 13.9. The first-order valence-electron chi connectivity index (χ1n) is 10.4. The minimum atomic E-state index is -0.357. The third-order valence-electron chi connectivity index (χ3n) is 5.87. The van der Waals surface area contributed by atoms with E-state index in [4.69, 9.17) is 15.2 Å². The molecule has 4 rings (SSSR count). The van der Waals surface area contributed by atoms with Gasteiger partial charge in [0, 0.05) is 31.7 Å². The number of aromatic nitrogens is 2. The van der Waals surface area contributed by atoms with Crippen molar-refractivity contribution >= 4 is 17.5 Å². The minimum absolute atomic E-state index is 0.00447. The first-order valence-corrected chi connectivity index (χ1v) is 10.4. The van der Waals surface area contributed by atoms with Gasteiger partial charge in [0.05, 0.1) is 30.2 Å². The number of anilines is 2. The molecule has 0 bridgehead atoms. The highest BCUT2D eigenvalue weighted by Crippen LogP contribution is 2.36. The van der Waals surface area contributed by atoms with Gasteiger partial charge in [0.2, 0.25) is 0 Å². The van der Waals surface area contributed by atoms with E-state index < -0.39 is 0 Å². The molecule has 0 aliphatic carbocycles. The van der Waals surface area contributed by atoms with Crippen molar-refractivity contribution in [2.24, 2.45) is 0 Å². The SMILES string of the molecule is COC(=O)c1ccc(C2C[C@@H](OC)CN(c3cc(-c4ccccc4O)nnc3N)C2)cc1. The molecule has 8 nitrogen and oxygen atoms in total. The molecule has 1 aliphatic heterocycles. The molecule has 0 amide bonds. The van der Waals surface area contributed by atoms with E-state index in [0.29, 0.717) is 35.7 Å². The fraction of sp³-hybridized carbons (Fsp3) is 0.292. The summed E-state index contributed by atoms with van der Waals surface area (Å²) in [7, 11) is 3.07. The second-order valence-corrected chi connectivity index (χ2v) is 7.83. The zero-order valence-electron chi connectivity index (χ0n) is 18.1. The van der Waals surface area contributed by atoms with Crippen LogP contribution in [0.4, 0.5) is 11.5 Å². The number of para-hydroxylation sites is 1. The Morgan fingerprint density at radius 1 is 1.09 bits per heavy atom. The van der Waals surface area contributed by atoms with E-state index in [9.17, 15) is 9.90 Å². The average molecular weight is 434 g/mol. The summed E-state index contributed by atoms with van der Waals surface area (Å²) in [6.45, 7) is 1.36. The summed E-state index contributed by atoms with van der Waals surface area (Å²) in [6, 6.07) is 16.3. The smallest absolute Gasteiger partial charge is 0.337 e. The van der Waals surface area contributed by atoms with Gasteiger partial charge in [0.1, 0.15) is 5.75 Å². The van der Waals surface area contributed by atoms with E-state index in [0.717, 1.165) is 17.7 Å². The largest absolute Gasteiger partial charge is 0.507 e. The van der Waals surface area contributed by atoms with E-state index in [-0.39, 0.29) is 23.7 Å². The fourth-order valence-corrected chi connectivity index (χ4v) is 4.14. The highest BCUT2D eigenvalue weighted by molar-refractivity contribution is 5.89. The van der Waals surface area contributed by atoms with E-state index in [1.54, 1.807) is 37.4 Å². The number of hydrogen-bond donors (Lipinski definition) is 2. The minimum Gasteiger partial charge on any atom is -0.507 e. The summed E-state index contributed by atoms with van der Waals surface area (Å²) >= 11 is 0. The van der Waals surface area contributed by atoms with Crippen LogP contribution in [0.3, 0.4) is 0 Å². The Kier molecular flexibility index (Phi) is 6.23. The summed E-state index contributed by atoms with van der Waals surface area (Å²) in [5, 5.41) is 18.5. The lowest BCUT2D eigenvalue weighted by molar-refractivity contribution is 0.0600. The molecule has 32 heavy (non-hydrogen) atoms. The third kappa shape index (κ3) is 4.36. The molecule has 2 heterocycles. The van der Waals surface area contributed by atoms with Gasteiger partial charge in [-0.1, -0.05) is 24.3 Å². The molecule has 1 aromatic heterocycles. The highest BCUT2D eigenvalue weighted by atomic mass is 16.5. The number of ether oxygens (including phenoxy) is 2. The molecule has 2 aromatic carbocycles. The van der Waals surface area contributed by atoms with Crippen LogP contribution >= 0.6 is 0 Å². The molecule has 0 saturated carbocycles. The molecule has 8 heteroatoms. The molecular formula is C24H26N4O4. The van der Waals surface area contributed by atoms with Crippen LogP contribution in [-0.2, 0) is 9.47 Å². The van der Waals surface area contributed by atoms with Gasteiger partial charge < -0.3 is 25.2 Å². The van der Waals surface area contributed by atoms with Crippen LogP contribution in [0.2, 0.25) is 0 Å². The molecule has 166 valence electrons. The van der Waals surface area contributed by atoms with Crippen LogP contribution < -0.4 is 10.6 Å². The van der Waals surface area contributed by atoms with Gasteiger partial charge in [-0.25, -0.2) is 4.79 Å². The van der Waals surface area contributed by atoms with Crippen molar-refractivity contribution in [2.75, 3.05) is 37.9 Å². The van der Waals surface area contributed by atoms with E-state index in [1.165, 1.54) is 7.11 Å². The van der Waals surface area contributed by atoms with Crippen LogP contribution in [-0.4, -0.2) is 54.7 Å². The second-order valence-electron chi connectivity index (χ2n) is 7.83. The molecule has 0 radical (unpaired) electrons. The Labute approximate surface area is 186 Å². The van der Waals surface area contributed by atoms with Crippen LogP contribution in [0, 0.1) is 0 Å². The van der Waals surface area contributed by atoms with Gasteiger partial charge in [0.15, 0.2) is 5.82 Å². The van der Waals surface area contributed by atoms with Gasteiger partial charge in [-0.2, -0.15) is 0 Å². The number of nitrogens with two attached hydrogens (primary N) is 1. The van der Waals surface area contributed by atoms with Crippen molar-refractivity contribution in [3.8, 4) is 17.0 Å². The monoisotopic (exact) mass is 434 g/mol. The lowest BCUT2D eigenvalue weighted by Crippen LogP contribution is -2.43. The molecule has 3 aromatic rings. The van der Waals surface area contributed by atoms with Crippen molar-refractivity contribution in [3.63, 3.8) is 0 Å². The van der Waals surface area contributed by atoms with Crippen LogP contribution in [0.15, 0.2) is 54.6 Å². The molecule has 3 N–H and O–H groups in total. The number of aromatic hydroxyl groups is 1. The number of nitrogen functional groups attached to an aromatic ring is 1. The number of phenolic OH excluding ortho intramolecular Hbond substituents is 1. The molecule has 1 aliphatic rings. The van der Waals surface area contributed by atoms with Crippen molar-refractivity contribution < 1.29 is 19.4 Å². The average Bonchev–Trinajstić information content (AvgIpc) is 2.84. The lowest BCUT2D eigenvalue weighted by Gasteiger charge is -2.39. The van der Waals surface area contributed by atoms with Crippen LogP contribution in [0.1, 0.15) is 28.3 Å². The fourth-order valence-electron chi connectivity index (χ4n) is 4.14. The molecule has 1 fully saturated rings. The molecule has 1 saturated heterocycles. The number of carbonyl (C=O) groups is 1. The highest BCUT2D eigenvalue weighted by Gasteiger charge is 2.30. The van der Waals surface area contributed by atoms with Gasteiger partial charge >= 0.3 is 5.97 Å². The number of phenols is 1. The number of rotatable bonds is 5. The van der Waals surface area contributed by atoms with Gasteiger partial charge in [-0.3, -0.25) is 0 Å². The van der Waals surface area contributed by atoms with Crippen LogP contribution in [0.25, 0.3) is 11.3 Å². The third-order valence-corrected chi connectivity index (χ3v) is 5.87. The van der Waals surface area contributed by atoms with Gasteiger partial charge in [-0.05, 0) is 42.3 Å². The number of benzene rings is 2. The molecular weight excluding hydrogens is 408 g/mol. The van der Waals surface area contributed by atoms with Crippen molar-refractivity contribution in [1.29, 1.82) is 0 Å². The predicted molar refractivity (Wildman–Crippen MR) is 122 cm³/mol. The van der Waals surface area contributed by atoms with Gasteiger partial charge in [0.25, 0.3) is 0 Å². The molecule has 1 unspecified atom stereocenters. The van der Waals surface area contributed by atoms with Crippen molar-refractivity contribution in [2.45, 2.75) is 18.4 Å². The topological polar surface area (TPSA) is 111 Å². The maximum Gasteiger partial charge on any atom is 0.337 e. The van der Waals surface area contributed by atoms with Crippen LogP contribution in [0.5, 0.6) is 5.75 Å². The normalized spacial score (nSPS) is 18.4. The zero-order valence-corrected chi connectivity index (χ0v) is 18.1. The number of piperidine rings is 1. The standard InChI is InChI=1S/C24H26N4O4/c1-31-18-11-17(15-7-9-16(10-8-15)24(30)32-2)13-28(14-18)21-12-20(26-27-23(21)25)19-5-3-4-6-22(19)29/h3-10,12,17-18,29H,11,13-14H2,1-2H3,(H2,25,27)/t17?,18-/m1/s1. The summed E-state index contributed by atoms with van der Waals surface area (Å²) in [6.07, 6.45) is 0.838. The zero-order chi connectivity index (χ0) is 22.7. The van der Waals surface area contributed by atoms with E-state index in [2.05, 4.69) is 15.1 Å². The number of carbonyl (C=O) groups excluding carboxylic acids is 1. The Balaban J connectivity index is 1.64. The second kappa shape index (κ2) is 9.23. The summed E-state index contributed by atoms with van der Waals surface area (Å²) in [5.41, 5.74) is 9.71. The molecule has 0 spiro atoms.